The molecule has 0 saturated carbocycles. The van der Waals surface area contributed by atoms with Gasteiger partial charge in [0.05, 0.1) is 17.0 Å². The number of hydrogen-bond acceptors (Lipinski definition) is 5. The lowest BCUT2D eigenvalue weighted by Crippen LogP contribution is -2.24. The van der Waals surface area contributed by atoms with Gasteiger partial charge in [0, 0.05) is 30.8 Å². The summed E-state index contributed by atoms with van der Waals surface area (Å²) in [5, 5.41) is 4.11. The van der Waals surface area contributed by atoms with Gasteiger partial charge in [0.1, 0.15) is 0 Å². The van der Waals surface area contributed by atoms with Gasteiger partial charge in [0.2, 0.25) is 17.6 Å². The molecule has 2 aromatic heterocycles. The van der Waals surface area contributed by atoms with Gasteiger partial charge in [-0.1, -0.05) is 22.9 Å². The Morgan fingerprint density at radius 1 is 1.17 bits per heavy atom. The molecule has 3 heterocycles. The van der Waals surface area contributed by atoms with Crippen molar-refractivity contribution in [2.75, 3.05) is 11.4 Å². The van der Waals surface area contributed by atoms with Gasteiger partial charge in [-0.05, 0) is 44.2 Å². The highest BCUT2D eigenvalue weighted by molar-refractivity contribution is 5.96. The van der Waals surface area contributed by atoms with E-state index < -0.39 is 0 Å². The molecule has 8 heteroatoms. The fourth-order valence-electron chi connectivity index (χ4n) is 3.98. The zero-order valence-electron chi connectivity index (χ0n) is 16.8. The van der Waals surface area contributed by atoms with E-state index in [1.54, 1.807) is 9.47 Å². The topological polar surface area (TPSA) is 97.0 Å². The summed E-state index contributed by atoms with van der Waals surface area (Å²) in [7, 11) is 0. The van der Waals surface area contributed by atoms with Gasteiger partial charge in [0.15, 0.2) is 0 Å². The van der Waals surface area contributed by atoms with Crippen molar-refractivity contribution in [1.29, 1.82) is 0 Å². The second kappa shape index (κ2) is 6.98. The van der Waals surface area contributed by atoms with Gasteiger partial charge in [-0.2, -0.15) is 4.98 Å². The maximum Gasteiger partial charge on any atom is 0.326 e. The summed E-state index contributed by atoms with van der Waals surface area (Å²) >= 11 is 0. The van der Waals surface area contributed by atoms with Crippen molar-refractivity contribution in [3.63, 3.8) is 0 Å². The molecule has 5 rings (SSSR count). The second-order valence-electron chi connectivity index (χ2n) is 7.60. The summed E-state index contributed by atoms with van der Waals surface area (Å²) in [5.41, 5.74) is 4.21. The first-order valence-corrected chi connectivity index (χ1v) is 9.97. The van der Waals surface area contributed by atoms with Crippen LogP contribution in [0.2, 0.25) is 0 Å². The fourth-order valence-corrected chi connectivity index (χ4v) is 3.98. The number of nitrogens with zero attached hydrogens (tertiary/aromatic N) is 4. The third-order valence-corrected chi connectivity index (χ3v) is 5.61. The van der Waals surface area contributed by atoms with E-state index in [1.807, 2.05) is 56.3 Å². The average molecular weight is 403 g/mol. The van der Waals surface area contributed by atoms with E-state index in [0.29, 0.717) is 31.2 Å². The minimum absolute atomic E-state index is 0.0449. The third-order valence-electron chi connectivity index (χ3n) is 5.61. The third kappa shape index (κ3) is 3.01. The van der Waals surface area contributed by atoms with Gasteiger partial charge in [0.25, 0.3) is 0 Å². The number of aromatic amines is 1. The minimum atomic E-state index is -0.148. The van der Waals surface area contributed by atoms with Crippen molar-refractivity contribution in [3.05, 3.63) is 64.4 Å². The lowest BCUT2D eigenvalue weighted by atomic mass is 10.1. The van der Waals surface area contributed by atoms with E-state index in [4.69, 9.17) is 4.52 Å². The quantitative estimate of drug-likeness (QED) is 0.564. The smallest absolute Gasteiger partial charge is 0.326 e. The molecule has 152 valence electrons. The molecule has 2 aromatic carbocycles. The Balaban J connectivity index is 1.40. The van der Waals surface area contributed by atoms with E-state index in [9.17, 15) is 9.59 Å². The highest BCUT2D eigenvalue weighted by Gasteiger charge is 2.35. The van der Waals surface area contributed by atoms with Gasteiger partial charge in [-0.15, -0.1) is 0 Å². The lowest BCUT2D eigenvalue weighted by molar-refractivity contribution is -0.117. The van der Waals surface area contributed by atoms with Crippen LogP contribution >= 0.6 is 0 Å². The van der Waals surface area contributed by atoms with E-state index in [1.165, 1.54) is 0 Å². The average Bonchev–Trinajstić information content (AvgIpc) is 3.44. The van der Waals surface area contributed by atoms with Gasteiger partial charge in [-0.25, -0.2) is 4.79 Å². The zero-order valence-corrected chi connectivity index (χ0v) is 16.8. The molecule has 1 saturated heterocycles. The van der Waals surface area contributed by atoms with Gasteiger partial charge in [-0.3, -0.25) is 9.36 Å². The van der Waals surface area contributed by atoms with Crippen molar-refractivity contribution < 1.29 is 9.32 Å². The molecule has 0 aliphatic carbocycles. The molecule has 30 heavy (non-hydrogen) atoms. The first-order valence-electron chi connectivity index (χ1n) is 9.97. The molecule has 4 aromatic rings. The lowest BCUT2D eigenvalue weighted by Gasteiger charge is -2.16. The Kier molecular flexibility index (Phi) is 4.27. The molecule has 1 atom stereocenters. The Bertz CT molecular complexity index is 1300. The molecule has 1 unspecified atom stereocenters. The number of nitrogens with one attached hydrogen (secondary N) is 1. The van der Waals surface area contributed by atoms with Crippen LogP contribution in [0.5, 0.6) is 0 Å². The van der Waals surface area contributed by atoms with Gasteiger partial charge >= 0.3 is 5.69 Å². The number of benzene rings is 2. The summed E-state index contributed by atoms with van der Waals surface area (Å²) < 4.78 is 7.17. The minimum Gasteiger partial charge on any atom is -0.339 e. The van der Waals surface area contributed by atoms with Crippen molar-refractivity contribution in [2.24, 2.45) is 0 Å². The highest BCUT2D eigenvalue weighted by atomic mass is 16.5. The Labute approximate surface area is 172 Å². The monoisotopic (exact) mass is 403 g/mol. The zero-order chi connectivity index (χ0) is 20.8. The molecule has 0 radical (unpaired) electrons. The van der Waals surface area contributed by atoms with Gasteiger partial charge < -0.3 is 14.4 Å². The van der Waals surface area contributed by atoms with Crippen LogP contribution in [0.25, 0.3) is 22.4 Å². The molecular formula is C22H21N5O3. The van der Waals surface area contributed by atoms with Crippen LogP contribution in [0.1, 0.15) is 30.7 Å². The number of imidazole rings is 1. The van der Waals surface area contributed by atoms with Crippen molar-refractivity contribution in [3.8, 4) is 11.4 Å². The summed E-state index contributed by atoms with van der Waals surface area (Å²) in [6.45, 7) is 5.05. The highest BCUT2D eigenvalue weighted by Crippen LogP contribution is 2.32. The molecule has 0 bridgehead atoms. The van der Waals surface area contributed by atoms with Crippen LogP contribution in [0, 0.1) is 6.92 Å². The summed E-state index contributed by atoms with van der Waals surface area (Å²) in [5.74, 6) is 0.791. The van der Waals surface area contributed by atoms with Crippen LogP contribution in [0.3, 0.4) is 0 Å². The molecule has 1 N–H and O–H groups in total. The van der Waals surface area contributed by atoms with E-state index in [0.717, 1.165) is 27.8 Å². The maximum atomic E-state index is 12.5. The molecule has 1 aliphatic heterocycles. The number of hydrogen-bond donors (Lipinski definition) is 1. The standard InChI is InChI=1S/C22H21N5O3/c1-3-26-18-9-6-14(10-17(18)23-22(26)29)20-24-21(30-25-20)15-11-19(28)27(12-15)16-7-4-13(2)5-8-16/h4-10,15H,3,11-12H2,1-2H3,(H,23,29). The van der Waals surface area contributed by atoms with Crippen LogP contribution in [0.15, 0.2) is 51.8 Å². The number of aromatic nitrogens is 4. The van der Waals surface area contributed by atoms with Crippen LogP contribution in [-0.2, 0) is 11.3 Å². The SMILES string of the molecule is CCn1c(=O)[nH]c2cc(-c3noc(C4CC(=O)N(c5ccc(C)cc5)C4)n3)ccc21. The number of H-pyrrole nitrogens is 1. The van der Waals surface area contributed by atoms with Crippen LogP contribution in [-0.4, -0.2) is 32.1 Å². The van der Waals surface area contributed by atoms with Crippen molar-refractivity contribution in [2.45, 2.75) is 32.7 Å². The fraction of sp³-hybridized carbons (Fsp3) is 0.273. The Morgan fingerprint density at radius 3 is 2.73 bits per heavy atom. The van der Waals surface area contributed by atoms with Crippen molar-refractivity contribution >= 4 is 22.6 Å². The van der Waals surface area contributed by atoms with E-state index >= 15 is 0 Å². The first-order chi connectivity index (χ1) is 14.5. The molecule has 1 fully saturated rings. The predicted molar refractivity (Wildman–Crippen MR) is 112 cm³/mol. The number of carbonyl (C=O) groups excluding carboxylic acids is 1. The first kappa shape index (κ1) is 18.4. The summed E-state index contributed by atoms with van der Waals surface area (Å²) in [6, 6.07) is 13.5. The molecule has 1 aliphatic rings. The second-order valence-corrected chi connectivity index (χ2v) is 7.60. The molecule has 8 nitrogen and oxygen atoms in total. The summed E-state index contributed by atoms with van der Waals surface area (Å²) in [6.07, 6.45) is 0.335. The molecular weight excluding hydrogens is 382 g/mol. The van der Waals surface area contributed by atoms with E-state index in [2.05, 4.69) is 15.1 Å². The predicted octanol–water partition coefficient (Wildman–Crippen LogP) is 3.23. The van der Waals surface area contributed by atoms with Crippen molar-refractivity contribution in [1.82, 2.24) is 19.7 Å². The maximum absolute atomic E-state index is 12.5. The normalized spacial score (nSPS) is 16.7. The summed E-state index contributed by atoms with van der Waals surface area (Å²) in [4.78, 5) is 33.7. The number of rotatable bonds is 4. The number of carbonyl (C=O) groups is 1. The van der Waals surface area contributed by atoms with Crippen LogP contribution in [0.4, 0.5) is 5.69 Å². The number of fused-ring (bicyclic) bond motifs is 1. The number of amides is 1. The molecule has 0 spiro atoms. The van der Waals surface area contributed by atoms with Crippen LogP contribution < -0.4 is 10.6 Å². The van der Waals surface area contributed by atoms with E-state index in [-0.39, 0.29) is 17.5 Å². The number of anilines is 1. The molecule has 1 amide bonds. The Hall–Kier alpha value is -3.68. The number of aryl methyl sites for hydroxylation is 2. The largest absolute Gasteiger partial charge is 0.339 e. The Morgan fingerprint density at radius 2 is 1.97 bits per heavy atom.